The maximum Gasteiger partial charge on any atom is 0.137 e. The molecule has 7 aromatic carbocycles. The second kappa shape index (κ2) is 11.2. The van der Waals surface area contributed by atoms with E-state index < -0.39 is 0 Å². The summed E-state index contributed by atoms with van der Waals surface area (Å²) in [5.74, 6) is 0. The first-order valence-corrected chi connectivity index (χ1v) is 18.2. The predicted octanol–water partition coefficient (Wildman–Crippen LogP) is 14.2. The normalized spacial score (nSPS) is 14.8. The Labute approximate surface area is 303 Å². The third-order valence-electron chi connectivity index (χ3n) is 11.2. The van der Waals surface area contributed by atoms with Gasteiger partial charge in [0.1, 0.15) is 22.3 Å². The van der Waals surface area contributed by atoms with Gasteiger partial charge in [0.15, 0.2) is 0 Å². The van der Waals surface area contributed by atoms with Gasteiger partial charge in [-0.1, -0.05) is 119 Å². The Morgan fingerprint density at radius 2 is 1.08 bits per heavy atom. The highest BCUT2D eigenvalue weighted by Crippen LogP contribution is 2.52. The lowest BCUT2D eigenvalue weighted by molar-refractivity contribution is 0.403. The zero-order valence-electron chi connectivity index (χ0n) is 29.9. The van der Waals surface area contributed by atoms with E-state index >= 15 is 0 Å². The molecule has 9 aromatic rings. The number of furan rings is 2. The molecule has 0 unspecified atom stereocenters. The fraction of sp³-hybridized carbons (Fsp3) is 0.143. The zero-order valence-corrected chi connectivity index (χ0v) is 29.9. The molecule has 0 bridgehead atoms. The molecular weight excluding hydrogens is 635 g/mol. The van der Waals surface area contributed by atoms with Crippen molar-refractivity contribution in [3.8, 4) is 22.3 Å². The van der Waals surface area contributed by atoms with Crippen LogP contribution in [-0.4, -0.2) is 0 Å². The fourth-order valence-electron chi connectivity index (χ4n) is 9.12. The molecule has 0 N–H and O–H groups in total. The van der Waals surface area contributed by atoms with Crippen LogP contribution in [0.5, 0.6) is 0 Å². The quantitative estimate of drug-likeness (QED) is 0.182. The number of benzene rings is 7. The van der Waals surface area contributed by atoms with E-state index in [-0.39, 0.29) is 10.8 Å². The lowest BCUT2D eigenvalue weighted by Gasteiger charge is -2.29. The Morgan fingerprint density at radius 3 is 1.94 bits per heavy atom. The molecule has 1 aliphatic rings. The van der Waals surface area contributed by atoms with Gasteiger partial charge in [-0.3, -0.25) is 0 Å². The Balaban J connectivity index is 1.16. The van der Waals surface area contributed by atoms with Crippen molar-refractivity contribution in [2.75, 3.05) is 4.90 Å². The molecule has 0 amide bonds. The van der Waals surface area contributed by atoms with E-state index in [9.17, 15) is 0 Å². The summed E-state index contributed by atoms with van der Waals surface area (Å²) in [7, 11) is 0. The smallest absolute Gasteiger partial charge is 0.137 e. The van der Waals surface area contributed by atoms with Crippen LogP contribution in [0, 0.1) is 0 Å². The molecule has 2 heterocycles. The van der Waals surface area contributed by atoms with Gasteiger partial charge < -0.3 is 13.7 Å². The molecule has 0 aliphatic heterocycles. The number of rotatable bonds is 5. The van der Waals surface area contributed by atoms with Gasteiger partial charge in [0.25, 0.3) is 0 Å². The van der Waals surface area contributed by atoms with Crippen molar-refractivity contribution in [2.45, 2.75) is 44.9 Å². The number of para-hydroxylation sites is 2. The molecule has 0 atom stereocenters. The standard InChI is InChI=1S/C49H39NO2/c1-48(2)30-49(3,4)40-29-46-38(28-39(40)48)36-25-24-33(27-45(36)52-46)32-16-12-17-34(26-32)50(41-20-10-8-18-35(41)31-14-6-5-7-15-31)42-21-13-23-44-47(42)37-19-9-11-22-43(37)51-44/h5-29H,30H2,1-4H3. The van der Waals surface area contributed by atoms with Crippen molar-refractivity contribution in [1.29, 1.82) is 0 Å². The average molecular weight is 674 g/mol. The third kappa shape index (κ3) is 4.73. The van der Waals surface area contributed by atoms with Crippen LogP contribution >= 0.6 is 0 Å². The van der Waals surface area contributed by atoms with Gasteiger partial charge in [0.2, 0.25) is 0 Å². The molecule has 52 heavy (non-hydrogen) atoms. The van der Waals surface area contributed by atoms with E-state index in [1.807, 2.05) is 12.1 Å². The minimum absolute atomic E-state index is 0.121. The molecule has 2 aromatic heterocycles. The molecule has 0 saturated carbocycles. The van der Waals surface area contributed by atoms with Gasteiger partial charge in [-0.15, -0.1) is 0 Å². The van der Waals surface area contributed by atoms with Crippen LogP contribution in [0.3, 0.4) is 0 Å². The first-order chi connectivity index (χ1) is 25.2. The summed E-state index contributed by atoms with van der Waals surface area (Å²) in [5, 5.41) is 4.55. The summed E-state index contributed by atoms with van der Waals surface area (Å²) in [6, 6.07) is 54.2. The molecule has 0 fully saturated rings. The number of anilines is 3. The molecule has 252 valence electrons. The van der Waals surface area contributed by atoms with Crippen LogP contribution in [0.1, 0.15) is 45.2 Å². The van der Waals surface area contributed by atoms with Gasteiger partial charge >= 0.3 is 0 Å². The highest BCUT2D eigenvalue weighted by Gasteiger charge is 2.42. The summed E-state index contributed by atoms with van der Waals surface area (Å²) in [5.41, 5.74) is 14.5. The van der Waals surface area contributed by atoms with Crippen molar-refractivity contribution in [3.05, 3.63) is 163 Å². The van der Waals surface area contributed by atoms with Gasteiger partial charge in [-0.05, 0) is 106 Å². The van der Waals surface area contributed by atoms with E-state index in [0.717, 1.165) is 84.2 Å². The highest BCUT2D eigenvalue weighted by molar-refractivity contribution is 6.14. The highest BCUT2D eigenvalue weighted by atomic mass is 16.3. The molecule has 0 saturated heterocycles. The summed E-state index contributed by atoms with van der Waals surface area (Å²) in [4.78, 5) is 2.39. The monoisotopic (exact) mass is 673 g/mol. The summed E-state index contributed by atoms with van der Waals surface area (Å²) >= 11 is 0. The average Bonchev–Trinajstić information content (AvgIpc) is 3.78. The maximum absolute atomic E-state index is 6.64. The first-order valence-electron chi connectivity index (χ1n) is 18.2. The predicted molar refractivity (Wildman–Crippen MR) is 217 cm³/mol. The van der Waals surface area contributed by atoms with Crippen LogP contribution in [0.4, 0.5) is 17.1 Å². The molecule has 1 aliphatic carbocycles. The minimum atomic E-state index is 0.121. The molecule has 0 radical (unpaired) electrons. The van der Waals surface area contributed by atoms with Gasteiger partial charge in [-0.2, -0.15) is 0 Å². The molecule has 3 nitrogen and oxygen atoms in total. The van der Waals surface area contributed by atoms with Crippen LogP contribution < -0.4 is 4.90 Å². The maximum atomic E-state index is 6.64. The van der Waals surface area contributed by atoms with Crippen molar-refractivity contribution in [1.82, 2.24) is 0 Å². The van der Waals surface area contributed by atoms with Crippen molar-refractivity contribution in [2.24, 2.45) is 0 Å². The van der Waals surface area contributed by atoms with Crippen LogP contribution in [-0.2, 0) is 10.8 Å². The summed E-state index contributed by atoms with van der Waals surface area (Å²) in [6.07, 6.45) is 1.14. The Bertz CT molecular complexity index is 2830. The summed E-state index contributed by atoms with van der Waals surface area (Å²) < 4.78 is 13.0. The lowest BCUT2D eigenvalue weighted by Crippen LogP contribution is -2.17. The largest absolute Gasteiger partial charge is 0.456 e. The minimum Gasteiger partial charge on any atom is -0.456 e. The van der Waals surface area contributed by atoms with Gasteiger partial charge in [0, 0.05) is 27.4 Å². The van der Waals surface area contributed by atoms with E-state index in [4.69, 9.17) is 8.83 Å². The van der Waals surface area contributed by atoms with E-state index in [1.54, 1.807) is 0 Å². The van der Waals surface area contributed by atoms with Gasteiger partial charge in [-0.25, -0.2) is 0 Å². The number of fused-ring (bicyclic) bond motifs is 7. The second-order valence-corrected chi connectivity index (χ2v) is 15.7. The van der Waals surface area contributed by atoms with E-state index in [1.165, 1.54) is 16.5 Å². The van der Waals surface area contributed by atoms with Crippen LogP contribution in [0.15, 0.2) is 160 Å². The van der Waals surface area contributed by atoms with Crippen LogP contribution in [0.25, 0.3) is 66.1 Å². The van der Waals surface area contributed by atoms with Gasteiger partial charge in [0.05, 0.1) is 16.8 Å². The molecule has 0 spiro atoms. The lowest BCUT2D eigenvalue weighted by atomic mass is 9.82. The van der Waals surface area contributed by atoms with Crippen molar-refractivity contribution < 1.29 is 8.83 Å². The molecule has 10 rings (SSSR count). The van der Waals surface area contributed by atoms with Crippen molar-refractivity contribution >= 4 is 60.9 Å². The van der Waals surface area contributed by atoms with E-state index in [0.29, 0.717) is 0 Å². The second-order valence-electron chi connectivity index (χ2n) is 15.7. The SMILES string of the molecule is CC1(C)CC(C)(C)c2cc3c(cc21)oc1cc(-c2cccc(N(c4ccccc4-c4ccccc4)c4cccc5oc6ccccc6c45)c2)ccc13. The Hall–Kier alpha value is -6.06. The number of nitrogens with zero attached hydrogens (tertiary/aromatic N) is 1. The van der Waals surface area contributed by atoms with Crippen LogP contribution in [0.2, 0.25) is 0 Å². The first kappa shape index (κ1) is 30.7. The summed E-state index contributed by atoms with van der Waals surface area (Å²) in [6.45, 7) is 9.46. The zero-order chi connectivity index (χ0) is 35.2. The third-order valence-corrected chi connectivity index (χ3v) is 11.2. The number of hydrogen-bond acceptors (Lipinski definition) is 3. The number of hydrogen-bond donors (Lipinski definition) is 0. The fourth-order valence-corrected chi connectivity index (χ4v) is 9.12. The topological polar surface area (TPSA) is 29.5 Å². The molecule has 3 heteroatoms. The van der Waals surface area contributed by atoms with Crippen molar-refractivity contribution in [3.63, 3.8) is 0 Å². The Morgan fingerprint density at radius 1 is 0.442 bits per heavy atom. The molecular formula is C49H39NO2. The van der Waals surface area contributed by atoms with E-state index in [2.05, 4.69) is 172 Å². The Kier molecular flexibility index (Phi) is 6.63.